The van der Waals surface area contributed by atoms with Crippen LogP contribution in [0.1, 0.15) is 50.5 Å². The highest BCUT2D eigenvalue weighted by Crippen LogP contribution is 2.27. The van der Waals surface area contributed by atoms with E-state index in [-0.39, 0.29) is 5.97 Å². The molecule has 0 amide bonds. The van der Waals surface area contributed by atoms with Crippen molar-refractivity contribution < 1.29 is 9.53 Å². The highest BCUT2D eigenvalue weighted by molar-refractivity contribution is 5.93. The molecule has 1 aliphatic rings. The molecule has 2 rings (SSSR count). The Morgan fingerprint density at radius 2 is 2.21 bits per heavy atom. The van der Waals surface area contributed by atoms with Crippen LogP contribution < -0.4 is 5.32 Å². The minimum absolute atomic E-state index is 0.371. The molecule has 0 aromatic carbocycles. The van der Waals surface area contributed by atoms with Crippen molar-refractivity contribution in [3.63, 3.8) is 0 Å². The van der Waals surface area contributed by atoms with Crippen LogP contribution in [0.2, 0.25) is 0 Å². The van der Waals surface area contributed by atoms with Crippen molar-refractivity contribution in [1.29, 1.82) is 0 Å². The van der Waals surface area contributed by atoms with Gasteiger partial charge in [-0.1, -0.05) is 6.42 Å². The van der Waals surface area contributed by atoms with E-state index in [2.05, 4.69) is 10.3 Å². The monoisotopic (exact) mass is 262 g/mol. The molecular formula is C15H22N2O2. The molecule has 1 aliphatic carbocycles. The van der Waals surface area contributed by atoms with Gasteiger partial charge in [-0.3, -0.25) is 0 Å². The van der Waals surface area contributed by atoms with E-state index in [0.717, 1.165) is 18.2 Å². The highest BCUT2D eigenvalue weighted by Gasteiger charge is 2.22. The summed E-state index contributed by atoms with van der Waals surface area (Å²) in [6.07, 6.45) is 5.48. The van der Waals surface area contributed by atoms with E-state index in [4.69, 9.17) is 4.74 Å². The van der Waals surface area contributed by atoms with Gasteiger partial charge in [0.15, 0.2) is 5.69 Å². The van der Waals surface area contributed by atoms with Gasteiger partial charge in [0.2, 0.25) is 0 Å². The smallest absolute Gasteiger partial charge is 0.359 e. The molecule has 1 heterocycles. The Balaban J connectivity index is 2.04. The fourth-order valence-corrected chi connectivity index (χ4v) is 1.99. The second kappa shape index (κ2) is 5.59. The molecule has 19 heavy (non-hydrogen) atoms. The molecule has 0 atom stereocenters. The lowest BCUT2D eigenvalue weighted by Crippen LogP contribution is -2.26. The third-order valence-electron chi connectivity index (χ3n) is 3.21. The molecule has 1 N–H and O–H groups in total. The number of hydrogen-bond donors (Lipinski definition) is 1. The number of carbonyl (C=O) groups excluding carboxylic acids is 1. The van der Waals surface area contributed by atoms with Gasteiger partial charge < -0.3 is 10.1 Å². The summed E-state index contributed by atoms with van der Waals surface area (Å²) in [4.78, 5) is 16.2. The van der Waals surface area contributed by atoms with Crippen LogP contribution in [-0.4, -0.2) is 23.1 Å². The normalized spacial score (nSPS) is 15.7. The van der Waals surface area contributed by atoms with Crippen molar-refractivity contribution in [1.82, 2.24) is 4.98 Å². The fourth-order valence-electron chi connectivity index (χ4n) is 1.99. The van der Waals surface area contributed by atoms with Crippen LogP contribution in [0.3, 0.4) is 0 Å². The number of rotatable bonds is 4. The lowest BCUT2D eigenvalue weighted by molar-refractivity contribution is 0.00640. The van der Waals surface area contributed by atoms with Crippen molar-refractivity contribution in [3.05, 3.63) is 24.0 Å². The van der Waals surface area contributed by atoms with Crippen LogP contribution in [0.15, 0.2) is 18.3 Å². The van der Waals surface area contributed by atoms with Gasteiger partial charge in [0, 0.05) is 12.7 Å². The number of pyridine rings is 1. The van der Waals surface area contributed by atoms with Gasteiger partial charge >= 0.3 is 5.97 Å². The van der Waals surface area contributed by atoms with E-state index in [1.807, 2.05) is 32.9 Å². The van der Waals surface area contributed by atoms with E-state index >= 15 is 0 Å². The van der Waals surface area contributed by atoms with Crippen LogP contribution in [0, 0.1) is 5.92 Å². The summed E-state index contributed by atoms with van der Waals surface area (Å²) < 4.78 is 5.37. The van der Waals surface area contributed by atoms with E-state index in [9.17, 15) is 4.79 Å². The Bertz CT molecular complexity index is 448. The molecule has 0 unspecified atom stereocenters. The molecule has 1 saturated carbocycles. The first kappa shape index (κ1) is 13.8. The van der Waals surface area contributed by atoms with E-state index in [1.165, 1.54) is 19.3 Å². The second-order valence-corrected chi connectivity index (χ2v) is 6.08. The summed E-state index contributed by atoms with van der Waals surface area (Å²) in [5.41, 5.74) is 0.639. The Kier molecular flexibility index (Phi) is 4.08. The topological polar surface area (TPSA) is 51.2 Å². The number of ether oxygens (including phenoxy) is 1. The Labute approximate surface area is 114 Å². The van der Waals surface area contributed by atoms with Crippen molar-refractivity contribution >= 4 is 11.7 Å². The molecule has 0 radical (unpaired) electrons. The largest absolute Gasteiger partial charge is 0.455 e. The predicted octanol–water partition coefficient (Wildman–Crippen LogP) is 3.25. The van der Waals surface area contributed by atoms with E-state index in [0.29, 0.717) is 5.69 Å². The minimum atomic E-state index is -0.500. The van der Waals surface area contributed by atoms with Gasteiger partial charge in [-0.25, -0.2) is 9.78 Å². The average Bonchev–Trinajstić information content (AvgIpc) is 2.25. The molecule has 0 aliphatic heterocycles. The second-order valence-electron chi connectivity index (χ2n) is 6.08. The van der Waals surface area contributed by atoms with Crippen molar-refractivity contribution in [2.75, 3.05) is 11.9 Å². The van der Waals surface area contributed by atoms with Gasteiger partial charge in [0.05, 0.1) is 5.69 Å². The summed E-state index contributed by atoms with van der Waals surface area (Å²) in [6.45, 7) is 6.47. The number of hydrogen-bond acceptors (Lipinski definition) is 4. The molecule has 0 bridgehead atoms. The quantitative estimate of drug-likeness (QED) is 0.846. The number of nitrogens with one attached hydrogen (secondary N) is 1. The van der Waals surface area contributed by atoms with Gasteiger partial charge in [-0.2, -0.15) is 0 Å². The van der Waals surface area contributed by atoms with Crippen LogP contribution in [-0.2, 0) is 4.74 Å². The average molecular weight is 262 g/mol. The minimum Gasteiger partial charge on any atom is -0.455 e. The zero-order valence-electron chi connectivity index (χ0n) is 11.9. The number of nitrogens with zero attached hydrogens (tertiary/aromatic N) is 1. The first-order valence-electron chi connectivity index (χ1n) is 6.88. The van der Waals surface area contributed by atoms with Gasteiger partial charge in [-0.15, -0.1) is 0 Å². The van der Waals surface area contributed by atoms with E-state index < -0.39 is 5.60 Å². The number of esters is 1. The molecular weight excluding hydrogens is 240 g/mol. The number of carbonyl (C=O) groups is 1. The summed E-state index contributed by atoms with van der Waals surface area (Å²) in [7, 11) is 0. The lowest BCUT2D eigenvalue weighted by Gasteiger charge is -2.26. The first-order chi connectivity index (χ1) is 8.96. The zero-order chi connectivity index (χ0) is 13.9. The Morgan fingerprint density at radius 3 is 2.79 bits per heavy atom. The summed E-state index contributed by atoms with van der Waals surface area (Å²) >= 11 is 0. The molecule has 1 aromatic rings. The maximum Gasteiger partial charge on any atom is 0.359 e. The molecule has 1 fully saturated rings. The summed E-state index contributed by atoms with van der Waals surface area (Å²) in [5, 5.41) is 3.32. The SMILES string of the molecule is CC(C)(C)OC(=O)c1ncccc1NCC1CCC1. The molecule has 0 spiro atoms. The molecule has 1 aromatic heterocycles. The first-order valence-corrected chi connectivity index (χ1v) is 6.88. The molecule has 4 nitrogen and oxygen atoms in total. The Morgan fingerprint density at radius 1 is 1.47 bits per heavy atom. The lowest BCUT2D eigenvalue weighted by atomic mass is 9.85. The zero-order valence-corrected chi connectivity index (χ0v) is 11.9. The van der Waals surface area contributed by atoms with Crippen molar-refractivity contribution in [2.45, 2.75) is 45.6 Å². The summed E-state index contributed by atoms with van der Waals surface area (Å²) in [6, 6.07) is 3.71. The summed E-state index contributed by atoms with van der Waals surface area (Å²) in [5.74, 6) is 0.357. The van der Waals surface area contributed by atoms with Crippen LogP contribution >= 0.6 is 0 Å². The highest BCUT2D eigenvalue weighted by atomic mass is 16.6. The maximum atomic E-state index is 12.1. The van der Waals surface area contributed by atoms with E-state index in [1.54, 1.807) is 6.20 Å². The van der Waals surface area contributed by atoms with Crippen molar-refractivity contribution in [3.8, 4) is 0 Å². The molecule has 104 valence electrons. The van der Waals surface area contributed by atoms with Gasteiger partial charge in [-0.05, 0) is 51.7 Å². The predicted molar refractivity (Wildman–Crippen MR) is 75.2 cm³/mol. The Hall–Kier alpha value is -1.58. The maximum absolute atomic E-state index is 12.1. The fraction of sp³-hybridized carbons (Fsp3) is 0.600. The molecule has 4 heteroatoms. The number of anilines is 1. The molecule has 0 saturated heterocycles. The van der Waals surface area contributed by atoms with Crippen LogP contribution in [0.25, 0.3) is 0 Å². The van der Waals surface area contributed by atoms with Crippen LogP contribution in [0.4, 0.5) is 5.69 Å². The van der Waals surface area contributed by atoms with Gasteiger partial charge in [0.1, 0.15) is 5.60 Å². The third kappa shape index (κ3) is 3.94. The van der Waals surface area contributed by atoms with Crippen molar-refractivity contribution in [2.24, 2.45) is 5.92 Å². The van der Waals surface area contributed by atoms with Gasteiger partial charge in [0.25, 0.3) is 0 Å². The van der Waals surface area contributed by atoms with Crippen LogP contribution in [0.5, 0.6) is 0 Å². The number of aromatic nitrogens is 1. The third-order valence-corrected chi connectivity index (χ3v) is 3.21. The standard InChI is InChI=1S/C15H22N2O2/c1-15(2,3)19-14(18)13-12(8-5-9-16-13)17-10-11-6-4-7-11/h5,8-9,11,17H,4,6-7,10H2,1-3H3.